The number of amides is 1. The van der Waals surface area contributed by atoms with E-state index in [0.29, 0.717) is 12.1 Å². The van der Waals surface area contributed by atoms with Gasteiger partial charge in [0.15, 0.2) is 6.61 Å². The summed E-state index contributed by atoms with van der Waals surface area (Å²) in [7, 11) is 0. The topological polar surface area (TPSA) is 95.0 Å². The summed E-state index contributed by atoms with van der Waals surface area (Å²) >= 11 is 0. The van der Waals surface area contributed by atoms with Crippen LogP contribution in [0.5, 0.6) is 0 Å². The van der Waals surface area contributed by atoms with Crippen LogP contribution < -0.4 is 5.32 Å². The van der Waals surface area contributed by atoms with E-state index in [4.69, 9.17) is 10.00 Å². The molecule has 0 aliphatic heterocycles. The number of ether oxygens (including phenoxy) is 1. The number of nitrogens with zero attached hydrogens (tertiary/aromatic N) is 1. The van der Waals surface area contributed by atoms with Crippen LogP contribution in [-0.2, 0) is 27.2 Å². The van der Waals surface area contributed by atoms with Crippen LogP contribution in [-0.4, -0.2) is 23.5 Å². The number of carbonyl (C=O) groups excluding carboxylic acids is 2. The number of hydrogen-bond donors (Lipinski definition) is 2. The summed E-state index contributed by atoms with van der Waals surface area (Å²) in [6.07, 6.45) is 2.19. The highest BCUT2D eigenvalue weighted by Crippen LogP contribution is 2.18. The molecule has 0 atom stereocenters. The first-order valence-electron chi connectivity index (χ1n) is 8.12. The molecule has 0 bridgehead atoms. The van der Waals surface area contributed by atoms with E-state index in [1.165, 1.54) is 0 Å². The molecule has 0 aliphatic rings. The van der Waals surface area contributed by atoms with Crippen molar-refractivity contribution < 1.29 is 14.3 Å². The minimum Gasteiger partial charge on any atom is -0.455 e. The molecule has 0 aliphatic carbocycles. The van der Waals surface area contributed by atoms with Gasteiger partial charge in [0.2, 0.25) is 0 Å². The molecule has 3 rings (SSSR count). The molecule has 26 heavy (non-hydrogen) atoms. The summed E-state index contributed by atoms with van der Waals surface area (Å²) < 4.78 is 5.05. The SMILES string of the molecule is N#CCc1ccc(NC(=O)COC(=O)Cc2c[nH]c3ccccc23)cc1. The fourth-order valence-corrected chi connectivity index (χ4v) is 2.62. The van der Waals surface area contributed by atoms with Gasteiger partial charge in [0.1, 0.15) is 0 Å². The number of aromatic amines is 1. The van der Waals surface area contributed by atoms with Crippen LogP contribution in [0.4, 0.5) is 5.69 Å². The molecule has 1 heterocycles. The average molecular weight is 347 g/mol. The summed E-state index contributed by atoms with van der Waals surface area (Å²) in [5.74, 6) is -0.875. The number of esters is 1. The van der Waals surface area contributed by atoms with Crippen molar-refractivity contribution in [3.05, 3.63) is 65.9 Å². The summed E-state index contributed by atoms with van der Waals surface area (Å²) in [6.45, 7) is -0.346. The van der Waals surface area contributed by atoms with E-state index in [9.17, 15) is 9.59 Å². The molecule has 130 valence electrons. The van der Waals surface area contributed by atoms with Crippen molar-refractivity contribution in [1.29, 1.82) is 5.26 Å². The van der Waals surface area contributed by atoms with Gasteiger partial charge in [-0.2, -0.15) is 5.26 Å². The minimum atomic E-state index is -0.464. The Kier molecular flexibility index (Phi) is 5.30. The Morgan fingerprint density at radius 2 is 1.88 bits per heavy atom. The first-order chi connectivity index (χ1) is 12.7. The number of fused-ring (bicyclic) bond motifs is 1. The maximum Gasteiger partial charge on any atom is 0.310 e. The molecule has 0 saturated carbocycles. The molecule has 0 fully saturated rings. The van der Waals surface area contributed by atoms with Gasteiger partial charge in [-0.25, -0.2) is 0 Å². The second-order valence-corrected chi connectivity index (χ2v) is 5.78. The number of anilines is 1. The monoisotopic (exact) mass is 347 g/mol. The highest BCUT2D eigenvalue weighted by Gasteiger charge is 2.12. The van der Waals surface area contributed by atoms with Crippen molar-refractivity contribution in [2.75, 3.05) is 11.9 Å². The molecule has 2 aromatic carbocycles. The smallest absolute Gasteiger partial charge is 0.310 e. The number of nitriles is 1. The molecular formula is C20H17N3O3. The van der Waals surface area contributed by atoms with Crippen LogP contribution in [0.3, 0.4) is 0 Å². The molecule has 2 N–H and O–H groups in total. The first-order valence-corrected chi connectivity index (χ1v) is 8.12. The number of carbonyl (C=O) groups is 2. The standard InChI is InChI=1S/C20H17N3O3/c21-10-9-14-5-7-16(8-6-14)23-19(24)13-26-20(25)11-15-12-22-18-4-2-1-3-17(15)18/h1-8,12,22H,9,11,13H2,(H,23,24). The third kappa shape index (κ3) is 4.28. The number of aromatic nitrogens is 1. The number of hydrogen-bond acceptors (Lipinski definition) is 4. The van der Waals surface area contributed by atoms with Crippen molar-refractivity contribution in [1.82, 2.24) is 4.98 Å². The maximum atomic E-state index is 12.0. The number of nitrogens with one attached hydrogen (secondary N) is 2. The van der Waals surface area contributed by atoms with Crippen LogP contribution in [0.1, 0.15) is 11.1 Å². The lowest BCUT2D eigenvalue weighted by molar-refractivity contribution is -0.146. The van der Waals surface area contributed by atoms with E-state index in [0.717, 1.165) is 22.0 Å². The zero-order valence-electron chi connectivity index (χ0n) is 14.0. The molecule has 0 unspecified atom stereocenters. The summed E-state index contributed by atoms with van der Waals surface area (Å²) in [4.78, 5) is 27.0. The van der Waals surface area contributed by atoms with Crippen molar-refractivity contribution in [2.45, 2.75) is 12.8 Å². The third-order valence-corrected chi connectivity index (χ3v) is 3.89. The van der Waals surface area contributed by atoms with Gasteiger partial charge in [0.25, 0.3) is 5.91 Å². The number of rotatable bonds is 6. The summed E-state index contributed by atoms with van der Waals surface area (Å²) in [6, 6.07) is 16.7. The van der Waals surface area contributed by atoms with Gasteiger partial charge in [-0.1, -0.05) is 30.3 Å². The average Bonchev–Trinajstić information content (AvgIpc) is 3.05. The third-order valence-electron chi connectivity index (χ3n) is 3.89. The van der Waals surface area contributed by atoms with E-state index >= 15 is 0 Å². The Hall–Kier alpha value is -3.59. The molecule has 6 nitrogen and oxygen atoms in total. The molecule has 6 heteroatoms. The van der Waals surface area contributed by atoms with Gasteiger partial charge in [0.05, 0.1) is 18.9 Å². The van der Waals surface area contributed by atoms with E-state index < -0.39 is 11.9 Å². The Morgan fingerprint density at radius 3 is 2.65 bits per heavy atom. The maximum absolute atomic E-state index is 12.0. The number of para-hydroxylation sites is 1. The molecule has 3 aromatic rings. The number of benzene rings is 2. The Balaban J connectivity index is 1.49. The van der Waals surface area contributed by atoms with Crippen LogP contribution in [0, 0.1) is 11.3 Å². The van der Waals surface area contributed by atoms with Crippen molar-refractivity contribution in [3.63, 3.8) is 0 Å². The fourth-order valence-electron chi connectivity index (χ4n) is 2.62. The predicted octanol–water partition coefficient (Wildman–Crippen LogP) is 2.96. The fraction of sp³-hybridized carbons (Fsp3) is 0.150. The largest absolute Gasteiger partial charge is 0.455 e. The Labute approximate surface area is 150 Å². The van der Waals surface area contributed by atoms with E-state index in [-0.39, 0.29) is 13.0 Å². The van der Waals surface area contributed by atoms with Gasteiger partial charge in [-0.05, 0) is 29.3 Å². The summed E-state index contributed by atoms with van der Waals surface area (Å²) in [5.41, 5.74) is 3.24. The van der Waals surface area contributed by atoms with Gasteiger partial charge in [-0.15, -0.1) is 0 Å². The highest BCUT2D eigenvalue weighted by atomic mass is 16.5. The second kappa shape index (κ2) is 7.99. The van der Waals surface area contributed by atoms with Gasteiger partial charge < -0.3 is 15.0 Å². The van der Waals surface area contributed by atoms with Gasteiger partial charge in [-0.3, -0.25) is 9.59 Å². The lowest BCUT2D eigenvalue weighted by Crippen LogP contribution is -2.21. The van der Waals surface area contributed by atoms with Crippen molar-refractivity contribution in [2.24, 2.45) is 0 Å². The van der Waals surface area contributed by atoms with Crippen LogP contribution >= 0.6 is 0 Å². The molecule has 0 saturated heterocycles. The normalized spacial score (nSPS) is 10.3. The number of H-pyrrole nitrogens is 1. The molecule has 0 radical (unpaired) electrons. The predicted molar refractivity (Wildman–Crippen MR) is 97.4 cm³/mol. The van der Waals surface area contributed by atoms with Gasteiger partial charge in [0, 0.05) is 22.8 Å². The lowest BCUT2D eigenvalue weighted by atomic mass is 10.1. The molecule has 1 aromatic heterocycles. The zero-order chi connectivity index (χ0) is 18.4. The second-order valence-electron chi connectivity index (χ2n) is 5.78. The summed E-state index contributed by atoms with van der Waals surface area (Å²) in [5, 5.41) is 12.3. The quantitative estimate of drug-likeness (QED) is 0.670. The minimum absolute atomic E-state index is 0.0974. The van der Waals surface area contributed by atoms with E-state index in [2.05, 4.69) is 16.4 Å². The first kappa shape index (κ1) is 17.2. The molecular weight excluding hydrogens is 330 g/mol. The van der Waals surface area contributed by atoms with Crippen LogP contribution in [0.2, 0.25) is 0 Å². The Morgan fingerprint density at radius 1 is 1.12 bits per heavy atom. The van der Waals surface area contributed by atoms with E-state index in [1.807, 2.05) is 24.3 Å². The van der Waals surface area contributed by atoms with Crippen molar-refractivity contribution >= 4 is 28.5 Å². The van der Waals surface area contributed by atoms with Crippen LogP contribution in [0.25, 0.3) is 10.9 Å². The van der Waals surface area contributed by atoms with E-state index in [1.54, 1.807) is 30.5 Å². The Bertz CT molecular complexity index is 968. The van der Waals surface area contributed by atoms with Crippen LogP contribution in [0.15, 0.2) is 54.7 Å². The zero-order valence-corrected chi connectivity index (χ0v) is 14.0. The molecule has 0 spiro atoms. The molecule has 1 amide bonds. The van der Waals surface area contributed by atoms with Gasteiger partial charge >= 0.3 is 5.97 Å². The lowest BCUT2D eigenvalue weighted by Gasteiger charge is -2.07. The highest BCUT2D eigenvalue weighted by molar-refractivity contribution is 5.93. The van der Waals surface area contributed by atoms with Crippen molar-refractivity contribution in [3.8, 4) is 6.07 Å².